The Labute approximate surface area is 137 Å². The van der Waals surface area contributed by atoms with Gasteiger partial charge < -0.3 is 19.5 Å². The van der Waals surface area contributed by atoms with E-state index < -0.39 is 0 Å². The number of rotatable bonds is 4. The fraction of sp³-hybridized carbons (Fsp3) is 0.250. The molecule has 8 heteroatoms. The van der Waals surface area contributed by atoms with Gasteiger partial charge in [-0.1, -0.05) is 0 Å². The molecule has 2 heterocycles. The maximum Gasteiger partial charge on any atom is 0.252 e. The fourth-order valence-electron chi connectivity index (χ4n) is 2.53. The number of aromatic hydroxyl groups is 1. The predicted molar refractivity (Wildman–Crippen MR) is 83.7 cm³/mol. The van der Waals surface area contributed by atoms with Gasteiger partial charge in [0.25, 0.3) is 5.88 Å². The summed E-state index contributed by atoms with van der Waals surface area (Å²) in [5.41, 5.74) is 1.27. The number of hydrogen-bond donors (Lipinski definition) is 2. The quantitative estimate of drug-likeness (QED) is 0.745. The van der Waals surface area contributed by atoms with Crippen LogP contribution in [0.5, 0.6) is 11.6 Å². The second kappa shape index (κ2) is 5.89. The number of phenols is 1. The van der Waals surface area contributed by atoms with Gasteiger partial charge in [0.2, 0.25) is 0 Å². The van der Waals surface area contributed by atoms with Gasteiger partial charge in [-0.3, -0.25) is 0 Å². The Morgan fingerprint density at radius 2 is 2.08 bits per heavy atom. The molecule has 2 aromatic heterocycles. The van der Waals surface area contributed by atoms with Crippen molar-refractivity contribution in [3.8, 4) is 28.7 Å². The molecule has 1 aromatic carbocycles. The van der Waals surface area contributed by atoms with Crippen LogP contribution >= 0.6 is 0 Å². The molecule has 1 aliphatic rings. The molecule has 4 rings (SSSR count). The molecule has 0 unspecified atom stereocenters. The van der Waals surface area contributed by atoms with Gasteiger partial charge in [-0.2, -0.15) is 0 Å². The van der Waals surface area contributed by atoms with Crippen molar-refractivity contribution in [2.75, 3.05) is 0 Å². The Hall–Kier alpha value is -3.00. The summed E-state index contributed by atoms with van der Waals surface area (Å²) in [4.78, 5) is 8.17. The molecule has 0 aliphatic heterocycles. The molecule has 2 N–H and O–H groups in total. The number of aliphatic hydroxyl groups is 1. The van der Waals surface area contributed by atoms with Gasteiger partial charge in [0.1, 0.15) is 11.9 Å². The molecule has 0 bridgehead atoms. The molecule has 0 spiro atoms. The van der Waals surface area contributed by atoms with Crippen LogP contribution in [0.3, 0.4) is 0 Å². The van der Waals surface area contributed by atoms with Gasteiger partial charge in [-0.15, -0.1) is 10.2 Å². The van der Waals surface area contributed by atoms with E-state index in [-0.39, 0.29) is 18.0 Å². The summed E-state index contributed by atoms with van der Waals surface area (Å²) in [5, 5.41) is 27.5. The standard InChI is InChI=1S/C16H15N5O3/c22-11-6-12(7-11)24-15-8-18-16(20-19-15)13-2-1-10(5-14(13)23)21-4-3-17-9-21/h1-5,8-9,11-12,22-23H,6-7H2. The second-order valence-corrected chi connectivity index (χ2v) is 5.66. The number of aliphatic hydroxyl groups excluding tert-OH is 1. The summed E-state index contributed by atoms with van der Waals surface area (Å²) < 4.78 is 7.33. The van der Waals surface area contributed by atoms with E-state index in [0.717, 1.165) is 5.69 Å². The Morgan fingerprint density at radius 1 is 1.21 bits per heavy atom. The number of benzene rings is 1. The minimum absolute atomic E-state index is 0.0372. The summed E-state index contributed by atoms with van der Waals surface area (Å²) >= 11 is 0. The fourth-order valence-corrected chi connectivity index (χ4v) is 2.53. The average molecular weight is 325 g/mol. The zero-order valence-corrected chi connectivity index (χ0v) is 12.6. The van der Waals surface area contributed by atoms with Crippen LogP contribution < -0.4 is 4.74 Å². The molecule has 24 heavy (non-hydrogen) atoms. The lowest BCUT2D eigenvalue weighted by atomic mass is 9.92. The highest BCUT2D eigenvalue weighted by Gasteiger charge is 2.29. The minimum Gasteiger partial charge on any atom is -0.507 e. The van der Waals surface area contributed by atoms with Crippen molar-refractivity contribution in [1.82, 2.24) is 24.7 Å². The van der Waals surface area contributed by atoms with Crippen LogP contribution in [0, 0.1) is 0 Å². The topological polar surface area (TPSA) is 106 Å². The molecule has 0 radical (unpaired) electrons. The first-order valence-corrected chi connectivity index (χ1v) is 7.55. The van der Waals surface area contributed by atoms with Crippen molar-refractivity contribution >= 4 is 0 Å². The first kappa shape index (κ1) is 14.6. The van der Waals surface area contributed by atoms with Crippen molar-refractivity contribution in [1.29, 1.82) is 0 Å². The number of aromatic nitrogens is 5. The van der Waals surface area contributed by atoms with Crippen LogP contribution in [0.1, 0.15) is 12.8 Å². The number of nitrogens with zero attached hydrogens (tertiary/aromatic N) is 5. The van der Waals surface area contributed by atoms with E-state index in [9.17, 15) is 10.2 Å². The van der Waals surface area contributed by atoms with Crippen LogP contribution in [0.4, 0.5) is 0 Å². The molecule has 122 valence electrons. The lowest BCUT2D eigenvalue weighted by Crippen LogP contribution is -2.37. The number of phenolic OH excluding ortho intramolecular Hbond substituents is 1. The first-order chi connectivity index (χ1) is 11.7. The van der Waals surface area contributed by atoms with E-state index in [1.807, 2.05) is 6.07 Å². The number of hydrogen-bond acceptors (Lipinski definition) is 7. The normalized spacial score (nSPS) is 19.7. The first-order valence-electron chi connectivity index (χ1n) is 7.55. The van der Waals surface area contributed by atoms with E-state index in [0.29, 0.717) is 30.1 Å². The molecule has 0 amide bonds. The molecule has 0 saturated heterocycles. The number of imidazole rings is 1. The third-order valence-electron chi connectivity index (χ3n) is 3.92. The van der Waals surface area contributed by atoms with Gasteiger partial charge in [0.05, 0.1) is 29.9 Å². The van der Waals surface area contributed by atoms with Crippen molar-refractivity contribution in [3.05, 3.63) is 43.1 Å². The summed E-state index contributed by atoms with van der Waals surface area (Å²) in [5.74, 6) is 0.676. The molecule has 1 aliphatic carbocycles. The number of ether oxygens (including phenoxy) is 1. The van der Waals surface area contributed by atoms with E-state index in [1.54, 1.807) is 35.4 Å². The SMILES string of the molecule is Oc1cc(-n2ccnc2)ccc1-c1ncc(OC2CC(O)C2)nn1. The van der Waals surface area contributed by atoms with E-state index >= 15 is 0 Å². The third-order valence-corrected chi connectivity index (χ3v) is 3.92. The summed E-state index contributed by atoms with van der Waals surface area (Å²) in [6.45, 7) is 0. The molecule has 1 saturated carbocycles. The molecular weight excluding hydrogens is 310 g/mol. The highest BCUT2D eigenvalue weighted by molar-refractivity contribution is 5.65. The highest BCUT2D eigenvalue weighted by atomic mass is 16.5. The average Bonchev–Trinajstić information content (AvgIpc) is 3.09. The van der Waals surface area contributed by atoms with Gasteiger partial charge in [-0.25, -0.2) is 9.97 Å². The van der Waals surface area contributed by atoms with Crippen LogP contribution in [0.15, 0.2) is 43.1 Å². The van der Waals surface area contributed by atoms with Gasteiger partial charge >= 0.3 is 0 Å². The zero-order chi connectivity index (χ0) is 16.5. The van der Waals surface area contributed by atoms with Crippen molar-refractivity contribution in [2.45, 2.75) is 25.0 Å². The molecule has 1 fully saturated rings. The highest BCUT2D eigenvalue weighted by Crippen LogP contribution is 2.29. The monoisotopic (exact) mass is 325 g/mol. The van der Waals surface area contributed by atoms with Gasteiger partial charge in [0, 0.05) is 31.3 Å². The smallest absolute Gasteiger partial charge is 0.252 e. The Morgan fingerprint density at radius 3 is 2.71 bits per heavy atom. The largest absolute Gasteiger partial charge is 0.507 e. The zero-order valence-electron chi connectivity index (χ0n) is 12.6. The predicted octanol–water partition coefficient (Wildman–Crippen LogP) is 1.33. The van der Waals surface area contributed by atoms with Crippen LogP contribution in [0.25, 0.3) is 17.1 Å². The molecular formula is C16H15N5O3. The Balaban J connectivity index is 1.53. The maximum absolute atomic E-state index is 10.2. The maximum atomic E-state index is 10.2. The van der Waals surface area contributed by atoms with Crippen LogP contribution in [-0.2, 0) is 0 Å². The molecule has 8 nitrogen and oxygen atoms in total. The summed E-state index contributed by atoms with van der Waals surface area (Å²) in [6.07, 6.45) is 7.44. The molecule has 0 atom stereocenters. The summed E-state index contributed by atoms with van der Waals surface area (Å²) in [7, 11) is 0. The minimum atomic E-state index is -0.291. The van der Waals surface area contributed by atoms with E-state index in [4.69, 9.17) is 4.74 Å². The van der Waals surface area contributed by atoms with Crippen LogP contribution in [-0.4, -0.2) is 47.2 Å². The molecule has 3 aromatic rings. The third kappa shape index (κ3) is 2.79. The van der Waals surface area contributed by atoms with Crippen LogP contribution in [0.2, 0.25) is 0 Å². The summed E-state index contributed by atoms with van der Waals surface area (Å²) in [6, 6.07) is 5.17. The van der Waals surface area contributed by atoms with Gasteiger partial charge in [0.15, 0.2) is 5.82 Å². The lowest BCUT2D eigenvalue weighted by Gasteiger charge is -2.30. The lowest BCUT2D eigenvalue weighted by molar-refractivity contribution is -0.0134. The van der Waals surface area contributed by atoms with Crippen molar-refractivity contribution in [3.63, 3.8) is 0 Å². The Kier molecular flexibility index (Phi) is 3.58. The Bertz CT molecular complexity index is 829. The van der Waals surface area contributed by atoms with Crippen molar-refractivity contribution < 1.29 is 14.9 Å². The second-order valence-electron chi connectivity index (χ2n) is 5.66. The van der Waals surface area contributed by atoms with Crippen molar-refractivity contribution in [2.24, 2.45) is 0 Å². The van der Waals surface area contributed by atoms with E-state index in [1.165, 1.54) is 6.20 Å². The van der Waals surface area contributed by atoms with Gasteiger partial charge in [-0.05, 0) is 12.1 Å². The van der Waals surface area contributed by atoms with E-state index in [2.05, 4.69) is 20.2 Å².